The number of benzene rings is 3. The van der Waals surface area contributed by atoms with E-state index in [2.05, 4.69) is 74.5 Å². The molecule has 6 rings (SSSR count). The number of carbonyl (C=O) groups is 1. The first kappa shape index (κ1) is 32.1. The molecular formula is C37H40IrNO2S-. The van der Waals surface area contributed by atoms with Crippen LogP contribution in [0.25, 0.3) is 42.2 Å². The van der Waals surface area contributed by atoms with Crippen molar-refractivity contribution < 1.29 is 30.0 Å². The first-order chi connectivity index (χ1) is 19.7. The van der Waals surface area contributed by atoms with Gasteiger partial charge in [-0.2, -0.15) is 0 Å². The van der Waals surface area contributed by atoms with Gasteiger partial charge in [-0.25, -0.2) is 0 Å². The molecule has 1 aliphatic rings. The van der Waals surface area contributed by atoms with E-state index >= 15 is 0 Å². The molecule has 3 nitrogen and oxygen atoms in total. The van der Waals surface area contributed by atoms with E-state index in [1.165, 1.54) is 42.8 Å². The van der Waals surface area contributed by atoms with Gasteiger partial charge in [0.05, 0.1) is 5.76 Å². The van der Waals surface area contributed by atoms with Crippen LogP contribution in [-0.2, 0) is 30.3 Å². The van der Waals surface area contributed by atoms with Gasteiger partial charge in [-0.3, -0.25) is 9.78 Å². The van der Waals surface area contributed by atoms with E-state index in [9.17, 15) is 9.90 Å². The number of aromatic nitrogens is 1. The normalized spacial score (nSPS) is 13.7. The number of rotatable bonds is 7. The molecule has 5 heteroatoms. The topological polar surface area (TPSA) is 50.2 Å². The molecule has 1 N–H and O–H groups in total. The van der Waals surface area contributed by atoms with Gasteiger partial charge in [0.1, 0.15) is 0 Å². The fourth-order valence-electron chi connectivity index (χ4n) is 6.24. The number of nitrogens with zero attached hydrogens (tertiary/aromatic N) is 1. The summed E-state index contributed by atoms with van der Waals surface area (Å²) in [6, 6.07) is 23.4. The largest absolute Gasteiger partial charge is 0.512 e. The Morgan fingerprint density at radius 1 is 0.905 bits per heavy atom. The minimum Gasteiger partial charge on any atom is -0.512 e. The number of fused-ring (bicyclic) bond motifs is 3. The standard InChI is InChI=1S/C24H16NS.C13H24O2.Ir/c1-24(2)17-8-5-9-19-21(17)22-20(26-19)10-11-25-23(22)16-12-14-6-3-4-7-15(14)13-18(16)24;1-5-10(6-2)12(14)9-13(15)11(7-3)8-4;/h3-11,13H,1-2H3;9-11,14H,5-8H2,1-4H3;/q-1;;/b;12-9-;. The molecule has 0 amide bonds. The first-order valence-electron chi connectivity index (χ1n) is 15.0. The molecule has 0 saturated heterocycles. The zero-order valence-corrected chi connectivity index (χ0v) is 28.6. The molecular weight excluding hydrogens is 715 g/mol. The number of hydrogen-bond acceptors (Lipinski definition) is 4. The third-order valence-electron chi connectivity index (χ3n) is 8.86. The van der Waals surface area contributed by atoms with E-state index in [-0.39, 0.29) is 48.9 Å². The average Bonchev–Trinajstić information content (AvgIpc) is 3.33. The quantitative estimate of drug-likeness (QED) is 0.102. The monoisotopic (exact) mass is 755 g/mol. The molecule has 1 radical (unpaired) electrons. The summed E-state index contributed by atoms with van der Waals surface area (Å²) in [5.41, 5.74) is 4.81. The summed E-state index contributed by atoms with van der Waals surface area (Å²) >= 11 is 1.86. The Hall–Kier alpha value is -2.85. The second kappa shape index (κ2) is 13.2. The molecule has 0 atom stereocenters. The maximum absolute atomic E-state index is 11.7. The van der Waals surface area contributed by atoms with E-state index < -0.39 is 0 Å². The maximum Gasteiger partial charge on any atom is 0.162 e. The van der Waals surface area contributed by atoms with E-state index in [0.29, 0.717) is 0 Å². The Bertz CT molecular complexity index is 1760. The van der Waals surface area contributed by atoms with Gasteiger partial charge in [0.25, 0.3) is 0 Å². The Balaban J connectivity index is 0.000000221. The molecule has 1 aliphatic carbocycles. The smallest absolute Gasteiger partial charge is 0.162 e. The Morgan fingerprint density at radius 3 is 2.26 bits per heavy atom. The number of aliphatic hydroxyl groups excluding tert-OH is 1. The number of aliphatic hydroxyl groups is 1. The number of hydrogen-bond donors (Lipinski definition) is 1. The molecule has 2 heterocycles. The van der Waals surface area contributed by atoms with Gasteiger partial charge < -0.3 is 5.11 Å². The summed E-state index contributed by atoms with van der Waals surface area (Å²) in [5.74, 6) is 0.547. The van der Waals surface area contributed by atoms with Gasteiger partial charge in [-0.1, -0.05) is 88.4 Å². The number of carbonyl (C=O) groups excluding carboxylic acids is 1. The van der Waals surface area contributed by atoms with Crippen molar-refractivity contribution in [2.75, 3.05) is 0 Å². The van der Waals surface area contributed by atoms with Crippen molar-refractivity contribution in [1.29, 1.82) is 0 Å². The summed E-state index contributed by atoms with van der Waals surface area (Å²) in [7, 11) is 0. The molecule has 0 aliphatic heterocycles. The van der Waals surface area contributed by atoms with Crippen molar-refractivity contribution >= 4 is 48.1 Å². The first-order valence-corrected chi connectivity index (χ1v) is 15.8. The molecule has 5 aromatic rings. The second-order valence-electron chi connectivity index (χ2n) is 11.6. The molecule has 2 aromatic heterocycles. The predicted molar refractivity (Wildman–Crippen MR) is 175 cm³/mol. The van der Waals surface area contributed by atoms with E-state index in [4.69, 9.17) is 4.98 Å². The van der Waals surface area contributed by atoms with E-state index in [1.807, 2.05) is 45.2 Å². The minimum absolute atomic E-state index is 0. The minimum atomic E-state index is -0.107. The predicted octanol–water partition coefficient (Wildman–Crippen LogP) is 10.6. The number of ketones is 1. The van der Waals surface area contributed by atoms with Gasteiger partial charge in [-0.05, 0) is 59.6 Å². The molecule has 0 bridgehead atoms. The van der Waals surface area contributed by atoms with Crippen molar-refractivity contribution in [3.63, 3.8) is 0 Å². The van der Waals surface area contributed by atoms with Crippen molar-refractivity contribution in [2.45, 2.75) is 72.6 Å². The van der Waals surface area contributed by atoms with Crippen LogP contribution in [0.3, 0.4) is 0 Å². The fourth-order valence-corrected chi connectivity index (χ4v) is 7.37. The van der Waals surface area contributed by atoms with Crippen LogP contribution in [0, 0.1) is 17.9 Å². The van der Waals surface area contributed by atoms with Crippen LogP contribution < -0.4 is 0 Å². The molecule has 3 aromatic carbocycles. The van der Waals surface area contributed by atoms with Crippen molar-refractivity contribution in [3.8, 4) is 11.3 Å². The van der Waals surface area contributed by atoms with Gasteiger partial charge in [0.15, 0.2) is 5.78 Å². The molecule has 0 unspecified atom stereocenters. The van der Waals surface area contributed by atoms with E-state index in [1.54, 1.807) is 0 Å². The van der Waals surface area contributed by atoms with Crippen LogP contribution in [0.2, 0.25) is 0 Å². The van der Waals surface area contributed by atoms with Gasteiger partial charge >= 0.3 is 0 Å². The van der Waals surface area contributed by atoms with Gasteiger partial charge in [0, 0.05) is 59.3 Å². The van der Waals surface area contributed by atoms with Crippen LogP contribution in [0.4, 0.5) is 0 Å². The summed E-state index contributed by atoms with van der Waals surface area (Å²) in [5, 5.41) is 14.8. The molecule has 221 valence electrons. The summed E-state index contributed by atoms with van der Waals surface area (Å²) < 4.78 is 2.65. The molecule has 42 heavy (non-hydrogen) atoms. The molecule has 0 fully saturated rings. The van der Waals surface area contributed by atoms with Crippen LogP contribution in [-0.4, -0.2) is 15.9 Å². The Morgan fingerprint density at radius 2 is 1.57 bits per heavy atom. The fraction of sp³-hybridized carbons (Fsp3) is 0.351. The zero-order valence-electron chi connectivity index (χ0n) is 25.4. The third kappa shape index (κ3) is 5.72. The Labute approximate surface area is 267 Å². The molecule has 0 spiro atoms. The number of thiophene rings is 1. The third-order valence-corrected chi connectivity index (χ3v) is 9.98. The summed E-state index contributed by atoms with van der Waals surface area (Å²) in [6.07, 6.45) is 6.85. The summed E-state index contributed by atoms with van der Waals surface area (Å²) in [6.45, 7) is 12.7. The second-order valence-corrected chi connectivity index (χ2v) is 12.7. The van der Waals surface area contributed by atoms with Gasteiger partial charge in [-0.15, -0.1) is 34.9 Å². The maximum atomic E-state index is 11.7. The SMILES string of the molecule is CC1(C)c2cc3ccccc3[c-]c2-c2nccc3sc4cccc1c4c23.CCC(CC)C(=O)/C=C(\O)C(CC)CC.[Ir]. The zero-order chi connectivity index (χ0) is 29.3. The van der Waals surface area contributed by atoms with Crippen LogP contribution >= 0.6 is 11.3 Å². The number of allylic oxidation sites excluding steroid dienone is 2. The van der Waals surface area contributed by atoms with E-state index in [0.717, 1.165) is 42.3 Å². The average molecular weight is 755 g/mol. The van der Waals surface area contributed by atoms with Crippen LogP contribution in [0.1, 0.15) is 78.4 Å². The Kier molecular flexibility index (Phi) is 10.1. The van der Waals surface area contributed by atoms with Crippen LogP contribution in [0.15, 0.2) is 72.6 Å². The molecule has 0 saturated carbocycles. The van der Waals surface area contributed by atoms with Crippen molar-refractivity contribution in [1.82, 2.24) is 4.98 Å². The van der Waals surface area contributed by atoms with Crippen molar-refractivity contribution in [3.05, 3.63) is 89.8 Å². The van der Waals surface area contributed by atoms with Crippen LogP contribution in [0.5, 0.6) is 0 Å². The van der Waals surface area contributed by atoms with Gasteiger partial charge in [0.2, 0.25) is 0 Å². The summed E-state index contributed by atoms with van der Waals surface area (Å²) in [4.78, 5) is 16.6. The van der Waals surface area contributed by atoms with Crippen molar-refractivity contribution in [2.24, 2.45) is 11.8 Å². The number of pyridine rings is 1.